The number of nitrogens with zero attached hydrogens (tertiary/aromatic N) is 1. The van der Waals surface area contributed by atoms with E-state index in [-0.39, 0.29) is 5.78 Å². The average molecular weight is 279 g/mol. The zero-order valence-corrected chi connectivity index (χ0v) is 13.3. The largest absolute Gasteiger partial charge is 0.293 e. The first-order valence-corrected chi connectivity index (χ1v) is 8.18. The molecule has 106 valence electrons. The first-order valence-electron chi connectivity index (χ1n) is 7.37. The number of ketones is 1. The Morgan fingerprint density at radius 1 is 1.37 bits per heavy atom. The highest BCUT2D eigenvalue weighted by Gasteiger charge is 2.30. The molecule has 2 nitrogen and oxygen atoms in total. The fraction of sp³-hybridized carbons (Fsp3) is 0.688. The van der Waals surface area contributed by atoms with E-state index in [1.165, 1.54) is 11.3 Å². The van der Waals surface area contributed by atoms with E-state index in [4.69, 9.17) is 0 Å². The van der Waals surface area contributed by atoms with Gasteiger partial charge in [-0.05, 0) is 43.7 Å². The van der Waals surface area contributed by atoms with Crippen molar-refractivity contribution in [2.75, 3.05) is 13.1 Å². The summed E-state index contributed by atoms with van der Waals surface area (Å²) in [6, 6.07) is 4.60. The summed E-state index contributed by atoms with van der Waals surface area (Å²) in [5, 5.41) is 0. The van der Waals surface area contributed by atoms with Crippen molar-refractivity contribution in [3.63, 3.8) is 0 Å². The summed E-state index contributed by atoms with van der Waals surface area (Å²) in [7, 11) is 0. The van der Waals surface area contributed by atoms with Gasteiger partial charge in [0.2, 0.25) is 0 Å². The summed E-state index contributed by atoms with van der Waals surface area (Å²) in [5.74, 6) is 1.68. The van der Waals surface area contributed by atoms with Crippen molar-refractivity contribution in [3.05, 3.63) is 21.9 Å². The van der Waals surface area contributed by atoms with Crippen molar-refractivity contribution in [2.45, 2.75) is 46.6 Å². The molecule has 1 aromatic heterocycles. The van der Waals surface area contributed by atoms with Crippen molar-refractivity contribution in [2.24, 2.45) is 11.8 Å². The smallest absolute Gasteiger partial charge is 0.186 e. The lowest BCUT2D eigenvalue weighted by atomic mass is 9.86. The van der Waals surface area contributed by atoms with Gasteiger partial charge in [-0.25, -0.2) is 0 Å². The first kappa shape index (κ1) is 14.7. The lowest BCUT2D eigenvalue weighted by molar-refractivity contribution is 0.0652. The quantitative estimate of drug-likeness (QED) is 0.780. The third kappa shape index (κ3) is 3.46. The van der Waals surface area contributed by atoms with E-state index < -0.39 is 0 Å². The Bertz CT molecular complexity index is 440. The fourth-order valence-electron chi connectivity index (χ4n) is 3.02. The van der Waals surface area contributed by atoms with Gasteiger partial charge in [-0.2, -0.15) is 0 Å². The second-order valence-electron chi connectivity index (χ2n) is 6.03. The SMILES string of the molecule is CCc1ccc(C(=O)CN2CC(C)CC(C)C2C)s1. The molecule has 3 heteroatoms. The van der Waals surface area contributed by atoms with Crippen molar-refractivity contribution in [1.29, 1.82) is 0 Å². The van der Waals surface area contributed by atoms with Crippen LogP contribution in [-0.4, -0.2) is 29.8 Å². The van der Waals surface area contributed by atoms with E-state index in [1.807, 2.05) is 6.07 Å². The topological polar surface area (TPSA) is 20.3 Å². The molecule has 0 saturated carbocycles. The zero-order valence-electron chi connectivity index (χ0n) is 12.5. The molecule has 0 N–H and O–H groups in total. The number of aryl methyl sites for hydroxylation is 1. The maximum Gasteiger partial charge on any atom is 0.186 e. The third-order valence-electron chi connectivity index (χ3n) is 4.35. The van der Waals surface area contributed by atoms with Gasteiger partial charge in [0.05, 0.1) is 11.4 Å². The van der Waals surface area contributed by atoms with Gasteiger partial charge in [0, 0.05) is 17.5 Å². The second-order valence-corrected chi connectivity index (χ2v) is 7.20. The molecule has 3 atom stereocenters. The van der Waals surface area contributed by atoms with Crippen LogP contribution in [0.3, 0.4) is 0 Å². The number of piperidine rings is 1. The number of carbonyl (C=O) groups is 1. The molecule has 19 heavy (non-hydrogen) atoms. The number of hydrogen-bond donors (Lipinski definition) is 0. The highest BCUT2D eigenvalue weighted by Crippen LogP contribution is 2.27. The fourth-order valence-corrected chi connectivity index (χ4v) is 3.90. The third-order valence-corrected chi connectivity index (χ3v) is 5.62. The molecule has 0 spiro atoms. The molecule has 1 aliphatic heterocycles. The minimum Gasteiger partial charge on any atom is -0.293 e. The highest BCUT2D eigenvalue weighted by atomic mass is 32.1. The second kappa shape index (κ2) is 6.19. The van der Waals surface area contributed by atoms with Crippen LogP contribution < -0.4 is 0 Å². The van der Waals surface area contributed by atoms with Crippen LogP contribution >= 0.6 is 11.3 Å². The molecule has 0 amide bonds. The standard InChI is InChI=1S/C16H25NOS/c1-5-14-6-7-16(19-14)15(18)10-17-9-11(2)8-12(3)13(17)4/h6-7,11-13H,5,8-10H2,1-4H3. The van der Waals surface area contributed by atoms with Crippen LogP contribution in [0.25, 0.3) is 0 Å². The van der Waals surface area contributed by atoms with Gasteiger partial charge in [-0.1, -0.05) is 20.8 Å². The molecule has 0 aliphatic carbocycles. The van der Waals surface area contributed by atoms with Crippen LogP contribution in [0.5, 0.6) is 0 Å². The van der Waals surface area contributed by atoms with E-state index >= 15 is 0 Å². The zero-order chi connectivity index (χ0) is 14.0. The Morgan fingerprint density at radius 3 is 2.74 bits per heavy atom. The maximum absolute atomic E-state index is 12.4. The molecule has 0 bridgehead atoms. The minimum atomic E-state index is 0.290. The molecule has 3 unspecified atom stereocenters. The molecular weight excluding hydrogens is 254 g/mol. The summed E-state index contributed by atoms with van der Waals surface area (Å²) in [4.78, 5) is 17.0. The van der Waals surface area contributed by atoms with Crippen molar-refractivity contribution in [1.82, 2.24) is 4.90 Å². The summed E-state index contributed by atoms with van der Waals surface area (Å²) in [6.45, 7) is 10.6. The highest BCUT2D eigenvalue weighted by molar-refractivity contribution is 7.14. The molecule has 1 saturated heterocycles. The van der Waals surface area contributed by atoms with Crippen molar-refractivity contribution < 1.29 is 4.79 Å². The predicted octanol–water partition coefficient (Wildman–Crippen LogP) is 3.86. The number of rotatable bonds is 4. The van der Waals surface area contributed by atoms with E-state index in [0.29, 0.717) is 24.4 Å². The molecular formula is C16H25NOS. The van der Waals surface area contributed by atoms with E-state index in [9.17, 15) is 4.79 Å². The normalized spacial score (nSPS) is 28.5. The Labute approximate surface area is 120 Å². The Kier molecular flexibility index (Phi) is 4.80. The molecule has 1 aliphatic rings. The van der Waals surface area contributed by atoms with Gasteiger partial charge >= 0.3 is 0 Å². The number of likely N-dealkylation sites (tertiary alicyclic amines) is 1. The van der Waals surface area contributed by atoms with Gasteiger partial charge < -0.3 is 0 Å². The molecule has 0 aromatic carbocycles. The summed E-state index contributed by atoms with van der Waals surface area (Å²) in [6.07, 6.45) is 2.30. The van der Waals surface area contributed by atoms with Crippen LogP contribution in [0.1, 0.15) is 48.7 Å². The lowest BCUT2D eigenvalue weighted by Gasteiger charge is -2.40. The molecule has 1 fully saturated rings. The molecule has 2 heterocycles. The van der Waals surface area contributed by atoms with Crippen LogP contribution in [0.15, 0.2) is 12.1 Å². The number of hydrogen-bond acceptors (Lipinski definition) is 3. The monoisotopic (exact) mass is 279 g/mol. The summed E-state index contributed by atoms with van der Waals surface area (Å²) >= 11 is 1.66. The number of thiophene rings is 1. The van der Waals surface area contributed by atoms with Crippen molar-refractivity contribution >= 4 is 17.1 Å². The molecule has 1 aromatic rings. The Hall–Kier alpha value is -0.670. The summed E-state index contributed by atoms with van der Waals surface area (Å²) < 4.78 is 0. The number of carbonyl (C=O) groups excluding carboxylic acids is 1. The van der Waals surface area contributed by atoms with Crippen LogP contribution in [0.4, 0.5) is 0 Å². The van der Waals surface area contributed by atoms with Gasteiger partial charge in [-0.15, -0.1) is 11.3 Å². The van der Waals surface area contributed by atoms with E-state index in [2.05, 4.69) is 38.7 Å². The van der Waals surface area contributed by atoms with E-state index in [1.54, 1.807) is 11.3 Å². The van der Waals surface area contributed by atoms with Crippen molar-refractivity contribution in [3.8, 4) is 0 Å². The summed E-state index contributed by atoms with van der Waals surface area (Å²) in [5.41, 5.74) is 0. The Balaban J connectivity index is 2.01. The van der Waals surface area contributed by atoms with Gasteiger partial charge in [0.15, 0.2) is 5.78 Å². The van der Waals surface area contributed by atoms with E-state index in [0.717, 1.165) is 17.8 Å². The predicted molar refractivity (Wildman–Crippen MR) is 82.0 cm³/mol. The molecule has 0 radical (unpaired) electrons. The van der Waals surface area contributed by atoms with Gasteiger partial charge in [0.1, 0.15) is 0 Å². The van der Waals surface area contributed by atoms with Crippen LogP contribution in [-0.2, 0) is 6.42 Å². The first-order chi connectivity index (χ1) is 9.01. The Morgan fingerprint density at radius 2 is 2.11 bits per heavy atom. The molecule has 2 rings (SSSR count). The van der Waals surface area contributed by atoms with Crippen LogP contribution in [0.2, 0.25) is 0 Å². The number of Topliss-reactive ketones (excluding diaryl/α,β-unsaturated/α-hetero) is 1. The minimum absolute atomic E-state index is 0.290. The average Bonchev–Trinajstić information content (AvgIpc) is 2.84. The van der Waals surface area contributed by atoms with Crippen LogP contribution in [0, 0.1) is 11.8 Å². The maximum atomic E-state index is 12.4. The lowest BCUT2D eigenvalue weighted by Crippen LogP contribution is -2.47. The van der Waals surface area contributed by atoms with Gasteiger partial charge in [-0.3, -0.25) is 9.69 Å². The van der Waals surface area contributed by atoms with Gasteiger partial charge in [0.25, 0.3) is 0 Å².